The number of aryl methyl sites for hydroxylation is 1. The van der Waals surface area contributed by atoms with Crippen LogP contribution in [0.15, 0.2) is 30.3 Å². The number of aromatic nitrogens is 1. The molecule has 0 atom stereocenters. The predicted molar refractivity (Wildman–Crippen MR) is 102 cm³/mol. The van der Waals surface area contributed by atoms with Crippen molar-refractivity contribution in [3.8, 4) is 0 Å². The Labute approximate surface area is 158 Å². The highest BCUT2D eigenvalue weighted by Gasteiger charge is 2.23. The van der Waals surface area contributed by atoms with Crippen molar-refractivity contribution in [3.63, 3.8) is 0 Å². The molecule has 144 valence electrons. The molecule has 2 amide bonds. The van der Waals surface area contributed by atoms with E-state index in [2.05, 4.69) is 15.6 Å². The molecular weight excluding hydrogens is 346 g/mol. The Morgan fingerprint density at radius 1 is 1.00 bits per heavy atom. The van der Waals surface area contributed by atoms with Crippen LogP contribution in [0, 0.1) is 13.8 Å². The van der Waals surface area contributed by atoms with Crippen molar-refractivity contribution in [1.29, 1.82) is 0 Å². The van der Waals surface area contributed by atoms with Crippen LogP contribution in [0.3, 0.4) is 0 Å². The number of carbonyl (C=O) groups excluding carboxylic acids is 3. The number of hydrogen-bond donors (Lipinski definition) is 3. The van der Waals surface area contributed by atoms with E-state index in [0.29, 0.717) is 34.6 Å². The molecule has 1 aromatic carbocycles. The molecule has 2 rings (SSSR count). The van der Waals surface area contributed by atoms with Crippen molar-refractivity contribution in [3.05, 3.63) is 58.4 Å². The van der Waals surface area contributed by atoms with E-state index in [9.17, 15) is 14.4 Å². The number of aromatic amines is 1. The van der Waals surface area contributed by atoms with Crippen molar-refractivity contribution in [2.45, 2.75) is 33.8 Å². The molecule has 0 unspecified atom stereocenters. The zero-order chi connectivity index (χ0) is 20.0. The van der Waals surface area contributed by atoms with Crippen LogP contribution in [0.2, 0.25) is 0 Å². The molecule has 0 saturated carbocycles. The molecule has 0 fully saturated rings. The number of esters is 1. The number of ether oxygens (including phenoxy) is 1. The lowest BCUT2D eigenvalue weighted by Crippen LogP contribution is -2.35. The molecule has 1 aromatic heterocycles. The first-order valence-electron chi connectivity index (χ1n) is 8.82. The van der Waals surface area contributed by atoms with Crippen LogP contribution in [0.5, 0.6) is 0 Å². The second kappa shape index (κ2) is 9.02. The van der Waals surface area contributed by atoms with Crippen molar-refractivity contribution >= 4 is 17.8 Å². The van der Waals surface area contributed by atoms with E-state index in [1.807, 2.05) is 6.07 Å². The Morgan fingerprint density at radius 3 is 2.19 bits per heavy atom. The Morgan fingerprint density at radius 2 is 1.59 bits per heavy atom. The van der Waals surface area contributed by atoms with Crippen LogP contribution >= 0.6 is 0 Å². The van der Waals surface area contributed by atoms with Crippen LogP contribution in [-0.2, 0) is 4.74 Å². The number of nitrogens with one attached hydrogen (secondary N) is 3. The van der Waals surface area contributed by atoms with Gasteiger partial charge >= 0.3 is 5.97 Å². The maximum Gasteiger partial charge on any atom is 0.340 e. The average Bonchev–Trinajstić information content (AvgIpc) is 2.93. The van der Waals surface area contributed by atoms with Crippen molar-refractivity contribution in [2.75, 3.05) is 13.1 Å². The molecule has 0 aliphatic carbocycles. The average molecular weight is 371 g/mol. The summed E-state index contributed by atoms with van der Waals surface area (Å²) < 4.78 is 5.22. The van der Waals surface area contributed by atoms with Gasteiger partial charge in [-0.15, -0.1) is 0 Å². The van der Waals surface area contributed by atoms with E-state index < -0.39 is 5.97 Å². The Bertz CT molecular complexity index is 825. The van der Waals surface area contributed by atoms with Crippen LogP contribution < -0.4 is 10.6 Å². The predicted octanol–water partition coefficient (Wildman–Crippen LogP) is 2.36. The number of benzene rings is 1. The lowest BCUT2D eigenvalue weighted by molar-refractivity contribution is 0.0376. The zero-order valence-electron chi connectivity index (χ0n) is 16.0. The van der Waals surface area contributed by atoms with Gasteiger partial charge in [0.05, 0.1) is 11.7 Å². The molecule has 1 heterocycles. The monoisotopic (exact) mass is 371 g/mol. The van der Waals surface area contributed by atoms with Gasteiger partial charge in [0.2, 0.25) is 0 Å². The molecule has 7 heteroatoms. The molecule has 0 aliphatic rings. The minimum Gasteiger partial charge on any atom is -0.459 e. The molecule has 0 saturated heterocycles. The fraction of sp³-hybridized carbons (Fsp3) is 0.350. The summed E-state index contributed by atoms with van der Waals surface area (Å²) in [5.41, 5.74) is 2.39. The van der Waals surface area contributed by atoms with Gasteiger partial charge in [-0.25, -0.2) is 4.79 Å². The first-order valence-corrected chi connectivity index (χ1v) is 8.82. The highest BCUT2D eigenvalue weighted by molar-refractivity contribution is 6.00. The van der Waals surface area contributed by atoms with Gasteiger partial charge in [-0.3, -0.25) is 9.59 Å². The highest BCUT2D eigenvalue weighted by Crippen LogP contribution is 2.19. The first-order chi connectivity index (χ1) is 12.8. The van der Waals surface area contributed by atoms with Gasteiger partial charge in [0, 0.05) is 24.3 Å². The minimum atomic E-state index is -0.453. The molecule has 27 heavy (non-hydrogen) atoms. The van der Waals surface area contributed by atoms with Crippen LogP contribution in [0.1, 0.15) is 56.3 Å². The second-order valence-corrected chi connectivity index (χ2v) is 6.46. The third-order valence-corrected chi connectivity index (χ3v) is 3.94. The van der Waals surface area contributed by atoms with E-state index in [1.165, 1.54) is 0 Å². The zero-order valence-corrected chi connectivity index (χ0v) is 16.0. The summed E-state index contributed by atoms with van der Waals surface area (Å²) in [6, 6.07) is 8.85. The molecule has 0 spiro atoms. The van der Waals surface area contributed by atoms with E-state index in [4.69, 9.17) is 4.74 Å². The SMILES string of the molecule is Cc1[nH]c(C(=O)NCCNC(=O)c2ccccc2)c(C)c1C(=O)OC(C)C. The van der Waals surface area contributed by atoms with Gasteiger partial charge in [0.1, 0.15) is 5.69 Å². The molecular formula is C20H25N3O4. The number of H-pyrrole nitrogens is 1. The van der Waals surface area contributed by atoms with Gasteiger partial charge in [-0.2, -0.15) is 0 Å². The smallest absolute Gasteiger partial charge is 0.340 e. The number of carbonyl (C=O) groups is 3. The van der Waals surface area contributed by atoms with E-state index in [0.717, 1.165) is 0 Å². The molecule has 3 N–H and O–H groups in total. The molecule has 0 radical (unpaired) electrons. The third kappa shape index (κ3) is 5.20. The molecule has 0 aliphatic heterocycles. The van der Waals surface area contributed by atoms with Gasteiger partial charge < -0.3 is 20.4 Å². The summed E-state index contributed by atoms with van der Waals surface area (Å²) in [5, 5.41) is 5.47. The van der Waals surface area contributed by atoms with Gasteiger partial charge in [0.25, 0.3) is 11.8 Å². The van der Waals surface area contributed by atoms with Crippen molar-refractivity contribution in [2.24, 2.45) is 0 Å². The fourth-order valence-corrected chi connectivity index (χ4v) is 2.69. The highest BCUT2D eigenvalue weighted by atomic mass is 16.5. The molecule has 7 nitrogen and oxygen atoms in total. The van der Waals surface area contributed by atoms with Gasteiger partial charge in [-0.1, -0.05) is 18.2 Å². The summed E-state index contributed by atoms with van der Waals surface area (Å²) in [7, 11) is 0. The number of rotatable bonds is 7. The summed E-state index contributed by atoms with van der Waals surface area (Å²) >= 11 is 0. The van der Waals surface area contributed by atoms with Crippen LogP contribution in [0.25, 0.3) is 0 Å². The number of hydrogen-bond acceptors (Lipinski definition) is 4. The van der Waals surface area contributed by atoms with Crippen LogP contribution in [0.4, 0.5) is 0 Å². The third-order valence-electron chi connectivity index (χ3n) is 3.94. The largest absolute Gasteiger partial charge is 0.459 e. The fourth-order valence-electron chi connectivity index (χ4n) is 2.69. The molecule has 0 bridgehead atoms. The summed E-state index contributed by atoms with van der Waals surface area (Å²) in [5.74, 6) is -0.992. The normalized spacial score (nSPS) is 10.6. The minimum absolute atomic E-state index is 0.199. The molecule has 2 aromatic rings. The summed E-state index contributed by atoms with van der Waals surface area (Å²) in [6.45, 7) is 7.52. The Kier molecular flexibility index (Phi) is 6.76. The standard InChI is InChI=1S/C20H25N3O4/c1-12(2)27-20(26)16-13(3)17(23-14(16)4)19(25)22-11-10-21-18(24)15-8-6-5-7-9-15/h5-9,12,23H,10-11H2,1-4H3,(H,21,24)(H,22,25). The van der Waals surface area contributed by atoms with Crippen molar-refractivity contribution in [1.82, 2.24) is 15.6 Å². The topological polar surface area (TPSA) is 100 Å². The van der Waals surface area contributed by atoms with E-state index in [1.54, 1.807) is 52.0 Å². The second-order valence-electron chi connectivity index (χ2n) is 6.46. The Hall–Kier alpha value is -3.09. The quantitative estimate of drug-likeness (QED) is 0.514. The lowest BCUT2D eigenvalue weighted by atomic mass is 10.1. The lowest BCUT2D eigenvalue weighted by Gasteiger charge is -2.09. The van der Waals surface area contributed by atoms with Gasteiger partial charge in [-0.05, 0) is 45.4 Å². The summed E-state index contributed by atoms with van der Waals surface area (Å²) in [6.07, 6.45) is -0.239. The van der Waals surface area contributed by atoms with Gasteiger partial charge in [0.15, 0.2) is 0 Å². The number of amides is 2. The van der Waals surface area contributed by atoms with E-state index in [-0.39, 0.29) is 24.5 Å². The summed E-state index contributed by atoms with van der Waals surface area (Å²) in [4.78, 5) is 39.4. The van der Waals surface area contributed by atoms with Crippen LogP contribution in [-0.4, -0.2) is 42.0 Å². The maximum absolute atomic E-state index is 12.4. The Balaban J connectivity index is 1.91. The van der Waals surface area contributed by atoms with E-state index >= 15 is 0 Å². The first kappa shape index (κ1) is 20.2. The maximum atomic E-state index is 12.4. The van der Waals surface area contributed by atoms with Crippen molar-refractivity contribution < 1.29 is 19.1 Å².